The Morgan fingerprint density at radius 1 is 1.24 bits per heavy atom. The van der Waals surface area contributed by atoms with Gasteiger partial charge in [0, 0.05) is 37.1 Å². The second-order valence-corrected chi connectivity index (χ2v) is 6.58. The van der Waals surface area contributed by atoms with Gasteiger partial charge in [-0.2, -0.15) is 0 Å². The zero-order valence-electron chi connectivity index (χ0n) is 12.7. The first-order valence-electron chi connectivity index (χ1n) is 7.41. The maximum Gasteiger partial charge on any atom is 0.222 e. The Bertz CT molecular complexity index is 484. The predicted octanol–water partition coefficient (Wildman–Crippen LogP) is 2.21. The van der Waals surface area contributed by atoms with Crippen LogP contribution in [0.5, 0.6) is 0 Å². The number of aliphatic hydroxyl groups is 1. The van der Waals surface area contributed by atoms with E-state index >= 15 is 0 Å². The number of aliphatic hydroxyl groups excluding tert-OH is 1. The summed E-state index contributed by atoms with van der Waals surface area (Å²) in [5, 5.41) is 9.95. The van der Waals surface area contributed by atoms with Gasteiger partial charge in [-0.1, -0.05) is 35.0 Å². The SMILES string of the molecule is CCC(=O)N1CCN(C(C)(CO)c2ccc(Br)cc2)CC1. The number of carbonyl (C=O) groups excluding carboxylic acids is 1. The van der Waals surface area contributed by atoms with E-state index in [-0.39, 0.29) is 12.5 Å². The molecular weight excluding hydrogens is 332 g/mol. The molecular formula is C16H23BrN2O2. The normalized spacial score (nSPS) is 19.3. The van der Waals surface area contributed by atoms with E-state index in [9.17, 15) is 9.90 Å². The molecule has 0 bridgehead atoms. The van der Waals surface area contributed by atoms with Crippen molar-refractivity contribution in [2.75, 3.05) is 32.8 Å². The highest BCUT2D eigenvalue weighted by Gasteiger charge is 2.35. The highest BCUT2D eigenvalue weighted by molar-refractivity contribution is 9.10. The van der Waals surface area contributed by atoms with Crippen molar-refractivity contribution in [2.24, 2.45) is 0 Å². The van der Waals surface area contributed by atoms with Crippen molar-refractivity contribution in [1.82, 2.24) is 9.80 Å². The summed E-state index contributed by atoms with van der Waals surface area (Å²) in [5.74, 6) is 0.212. The fourth-order valence-corrected chi connectivity index (χ4v) is 3.12. The lowest BCUT2D eigenvalue weighted by Gasteiger charge is -2.45. The van der Waals surface area contributed by atoms with Crippen LogP contribution in [0.2, 0.25) is 0 Å². The Morgan fingerprint density at radius 3 is 2.29 bits per heavy atom. The van der Waals surface area contributed by atoms with E-state index in [1.807, 2.05) is 36.1 Å². The van der Waals surface area contributed by atoms with Crippen molar-refractivity contribution in [3.63, 3.8) is 0 Å². The molecule has 1 atom stereocenters. The van der Waals surface area contributed by atoms with Crippen LogP contribution in [0.3, 0.4) is 0 Å². The smallest absolute Gasteiger partial charge is 0.222 e. The number of benzene rings is 1. The minimum atomic E-state index is -0.401. The van der Waals surface area contributed by atoms with Crippen LogP contribution in [0.15, 0.2) is 28.7 Å². The maximum atomic E-state index is 11.8. The minimum Gasteiger partial charge on any atom is -0.394 e. The number of hydrogen-bond donors (Lipinski definition) is 1. The monoisotopic (exact) mass is 354 g/mol. The molecule has 21 heavy (non-hydrogen) atoms. The van der Waals surface area contributed by atoms with Gasteiger partial charge in [0.05, 0.1) is 12.1 Å². The van der Waals surface area contributed by atoms with Gasteiger partial charge in [0.25, 0.3) is 0 Å². The van der Waals surface area contributed by atoms with Gasteiger partial charge in [0.2, 0.25) is 5.91 Å². The number of hydrogen-bond acceptors (Lipinski definition) is 3. The quantitative estimate of drug-likeness (QED) is 0.901. The molecule has 1 saturated heterocycles. The van der Waals surface area contributed by atoms with Crippen LogP contribution < -0.4 is 0 Å². The minimum absolute atomic E-state index is 0.0658. The summed E-state index contributed by atoms with van der Waals surface area (Å²) in [6.45, 7) is 7.08. The van der Waals surface area contributed by atoms with Crippen LogP contribution in [-0.2, 0) is 10.3 Å². The molecule has 1 aliphatic rings. The lowest BCUT2D eigenvalue weighted by Crippen LogP contribution is -2.56. The standard InChI is InChI=1S/C16H23BrN2O2/c1-3-15(21)18-8-10-19(11-9-18)16(2,12-20)13-4-6-14(17)7-5-13/h4-7,20H,3,8-12H2,1-2H3. The average Bonchev–Trinajstić information content (AvgIpc) is 2.54. The summed E-state index contributed by atoms with van der Waals surface area (Å²) in [4.78, 5) is 15.9. The summed E-state index contributed by atoms with van der Waals surface area (Å²) in [6.07, 6.45) is 0.560. The Hall–Kier alpha value is -0.910. The van der Waals surface area contributed by atoms with Crippen molar-refractivity contribution >= 4 is 21.8 Å². The number of rotatable bonds is 4. The molecule has 1 heterocycles. The van der Waals surface area contributed by atoms with Gasteiger partial charge in [0.15, 0.2) is 0 Å². The van der Waals surface area contributed by atoms with E-state index in [0.29, 0.717) is 6.42 Å². The van der Waals surface area contributed by atoms with Crippen molar-refractivity contribution in [3.8, 4) is 0 Å². The fraction of sp³-hybridized carbons (Fsp3) is 0.562. The van der Waals surface area contributed by atoms with Gasteiger partial charge in [-0.3, -0.25) is 9.69 Å². The van der Waals surface area contributed by atoms with E-state index in [1.165, 1.54) is 0 Å². The van der Waals surface area contributed by atoms with E-state index in [1.54, 1.807) is 0 Å². The molecule has 5 heteroatoms. The molecule has 4 nitrogen and oxygen atoms in total. The second-order valence-electron chi connectivity index (χ2n) is 5.66. The largest absolute Gasteiger partial charge is 0.394 e. The first-order chi connectivity index (χ1) is 10.0. The Labute approximate surface area is 134 Å². The van der Waals surface area contributed by atoms with E-state index in [4.69, 9.17) is 0 Å². The zero-order valence-corrected chi connectivity index (χ0v) is 14.3. The lowest BCUT2D eigenvalue weighted by molar-refractivity contribution is -0.134. The van der Waals surface area contributed by atoms with E-state index in [0.717, 1.165) is 36.2 Å². The fourth-order valence-electron chi connectivity index (χ4n) is 2.86. The first kappa shape index (κ1) is 16.5. The van der Waals surface area contributed by atoms with E-state index in [2.05, 4.69) is 27.8 Å². The molecule has 1 aromatic carbocycles. The molecule has 116 valence electrons. The number of piperazine rings is 1. The Balaban J connectivity index is 2.11. The van der Waals surface area contributed by atoms with Crippen molar-refractivity contribution < 1.29 is 9.90 Å². The lowest BCUT2D eigenvalue weighted by atomic mass is 9.90. The number of amides is 1. The molecule has 0 aliphatic carbocycles. The van der Waals surface area contributed by atoms with Gasteiger partial charge >= 0.3 is 0 Å². The van der Waals surface area contributed by atoms with Crippen LogP contribution >= 0.6 is 15.9 Å². The van der Waals surface area contributed by atoms with Crippen LogP contribution in [-0.4, -0.2) is 53.6 Å². The van der Waals surface area contributed by atoms with Crippen molar-refractivity contribution in [2.45, 2.75) is 25.8 Å². The summed E-state index contributed by atoms with van der Waals surface area (Å²) in [6, 6.07) is 8.09. The van der Waals surface area contributed by atoms with Crippen LogP contribution in [0, 0.1) is 0 Å². The molecule has 0 radical (unpaired) electrons. The highest BCUT2D eigenvalue weighted by Crippen LogP contribution is 2.30. The van der Waals surface area contributed by atoms with Gasteiger partial charge in [-0.25, -0.2) is 0 Å². The van der Waals surface area contributed by atoms with Crippen LogP contribution in [0.1, 0.15) is 25.8 Å². The van der Waals surface area contributed by atoms with Gasteiger partial charge in [-0.05, 0) is 24.6 Å². The van der Waals surface area contributed by atoms with Crippen LogP contribution in [0.4, 0.5) is 0 Å². The van der Waals surface area contributed by atoms with Crippen molar-refractivity contribution in [1.29, 1.82) is 0 Å². The molecule has 1 fully saturated rings. The molecule has 1 aliphatic heterocycles. The second kappa shape index (κ2) is 6.90. The summed E-state index contributed by atoms with van der Waals surface area (Å²) >= 11 is 3.44. The number of nitrogens with zero attached hydrogens (tertiary/aromatic N) is 2. The molecule has 1 unspecified atom stereocenters. The molecule has 2 rings (SSSR count). The molecule has 1 amide bonds. The average molecular weight is 355 g/mol. The molecule has 0 spiro atoms. The third-order valence-electron chi connectivity index (χ3n) is 4.41. The molecule has 1 N–H and O–H groups in total. The van der Waals surface area contributed by atoms with Gasteiger partial charge in [0.1, 0.15) is 0 Å². The third-order valence-corrected chi connectivity index (χ3v) is 4.94. The number of halogens is 1. The molecule has 0 aromatic heterocycles. The maximum absolute atomic E-state index is 11.8. The Morgan fingerprint density at radius 2 is 1.81 bits per heavy atom. The van der Waals surface area contributed by atoms with Gasteiger partial charge < -0.3 is 10.0 Å². The molecule has 1 aromatic rings. The Kier molecular flexibility index (Phi) is 5.41. The number of carbonyl (C=O) groups is 1. The molecule has 0 saturated carbocycles. The summed E-state index contributed by atoms with van der Waals surface area (Å²) in [5.41, 5.74) is 0.700. The highest BCUT2D eigenvalue weighted by atomic mass is 79.9. The first-order valence-corrected chi connectivity index (χ1v) is 8.20. The summed E-state index contributed by atoms with van der Waals surface area (Å²) in [7, 11) is 0. The van der Waals surface area contributed by atoms with Crippen molar-refractivity contribution in [3.05, 3.63) is 34.3 Å². The predicted molar refractivity (Wildman–Crippen MR) is 87.0 cm³/mol. The summed E-state index contributed by atoms with van der Waals surface area (Å²) < 4.78 is 1.03. The third kappa shape index (κ3) is 3.47. The van der Waals surface area contributed by atoms with Crippen LogP contribution in [0.25, 0.3) is 0 Å². The van der Waals surface area contributed by atoms with Gasteiger partial charge in [-0.15, -0.1) is 0 Å². The zero-order chi connectivity index (χ0) is 15.5. The van der Waals surface area contributed by atoms with E-state index < -0.39 is 5.54 Å². The topological polar surface area (TPSA) is 43.8 Å².